The molecule has 0 radical (unpaired) electrons. The van der Waals surface area contributed by atoms with E-state index in [1.165, 1.54) is 37.0 Å². The Morgan fingerprint density at radius 1 is 0.774 bits per heavy atom. The summed E-state index contributed by atoms with van der Waals surface area (Å²) >= 11 is 1.33. The van der Waals surface area contributed by atoms with E-state index in [1.807, 2.05) is 75.4 Å². The number of aliphatic carboxylic acids is 2. The highest BCUT2D eigenvalue weighted by Crippen LogP contribution is 2.30. The zero-order valence-corrected chi connectivity index (χ0v) is 31.7. The number of nitrogens with one attached hydrogen (secondary N) is 2. The Hall–Kier alpha value is -5.10. The number of hydrogen-bond acceptors (Lipinski definition) is 8. The smallest absolute Gasteiger partial charge is 0.326 e. The van der Waals surface area contributed by atoms with Crippen molar-refractivity contribution in [2.75, 3.05) is 6.61 Å². The summed E-state index contributed by atoms with van der Waals surface area (Å²) in [5.74, 6) is -2.12. The maximum Gasteiger partial charge on any atom is 0.326 e. The van der Waals surface area contributed by atoms with Gasteiger partial charge in [-0.25, -0.2) is 14.8 Å². The lowest BCUT2D eigenvalue weighted by atomic mass is 9.95. The summed E-state index contributed by atoms with van der Waals surface area (Å²) in [7, 11) is 0. The third-order valence-corrected chi connectivity index (χ3v) is 10.2. The van der Waals surface area contributed by atoms with Crippen LogP contribution in [-0.2, 0) is 26.2 Å². The number of amides is 2. The van der Waals surface area contributed by atoms with Crippen molar-refractivity contribution in [3.8, 4) is 28.3 Å². The first-order chi connectivity index (χ1) is 25.3. The van der Waals surface area contributed by atoms with Crippen molar-refractivity contribution in [3.05, 3.63) is 88.4 Å². The fourth-order valence-electron chi connectivity index (χ4n) is 5.58. The Balaban J connectivity index is 1.43. The van der Waals surface area contributed by atoms with Gasteiger partial charge in [-0.3, -0.25) is 14.4 Å². The van der Waals surface area contributed by atoms with Crippen LogP contribution in [0.3, 0.4) is 0 Å². The number of ether oxygens (including phenoxy) is 1. The Bertz CT molecular complexity index is 1800. The molecule has 2 amide bonds. The molecule has 0 saturated carbocycles. The molecule has 4 aromatic rings. The summed E-state index contributed by atoms with van der Waals surface area (Å²) in [5.41, 5.74) is 3.14. The number of thiophene rings is 1. The van der Waals surface area contributed by atoms with Crippen molar-refractivity contribution in [1.29, 1.82) is 0 Å². The molecule has 2 aromatic heterocycles. The first-order valence-corrected chi connectivity index (χ1v) is 19.0. The van der Waals surface area contributed by atoms with Crippen LogP contribution in [0.4, 0.5) is 0 Å². The number of benzene rings is 2. The number of nitrogens with zero attached hydrogens (tertiary/aromatic N) is 2. The van der Waals surface area contributed by atoms with Gasteiger partial charge < -0.3 is 25.6 Å². The lowest BCUT2D eigenvalue weighted by Gasteiger charge is -2.21. The molecule has 0 saturated heterocycles. The highest BCUT2D eigenvalue weighted by molar-refractivity contribution is 7.14. The van der Waals surface area contributed by atoms with Crippen LogP contribution in [0.1, 0.15) is 99.2 Å². The molecule has 0 aliphatic heterocycles. The van der Waals surface area contributed by atoms with E-state index in [4.69, 9.17) is 9.84 Å². The van der Waals surface area contributed by atoms with Gasteiger partial charge >= 0.3 is 11.9 Å². The van der Waals surface area contributed by atoms with E-state index in [0.29, 0.717) is 22.9 Å². The van der Waals surface area contributed by atoms with Crippen LogP contribution >= 0.6 is 11.3 Å². The van der Waals surface area contributed by atoms with E-state index in [2.05, 4.69) is 27.5 Å². The molecular formula is C41H50N4O7S. The van der Waals surface area contributed by atoms with Gasteiger partial charge in [-0.1, -0.05) is 89.8 Å². The Kier molecular flexibility index (Phi) is 15.1. The number of hydrogen-bond donors (Lipinski definition) is 4. The standard InChI is InChI=1S/C41H50N4O7S/c1-5-6-7-8-9-23-52-31-19-17-28(18-20-31)30-25-42-37(43-26-30)29-15-13-27(14-16-29)24-33(38(48)44-32(40(50)51)11-10-12-36(46)47)45-39(49)34-21-22-35(53-34)41(2,3)4/h13-22,25-26,32-33H,5-12,23-24H2,1-4H3,(H,44,48)(H,45,49)(H,46,47)(H,50,51)/t32?,33-/m0/s1. The van der Waals surface area contributed by atoms with Crippen molar-refractivity contribution in [1.82, 2.24) is 20.6 Å². The maximum atomic E-state index is 13.5. The number of carbonyl (C=O) groups excluding carboxylic acids is 2. The van der Waals surface area contributed by atoms with E-state index in [0.717, 1.165) is 33.7 Å². The maximum absolute atomic E-state index is 13.5. The highest BCUT2D eigenvalue weighted by atomic mass is 32.1. The minimum Gasteiger partial charge on any atom is -0.494 e. The fraction of sp³-hybridized carbons (Fsp3) is 0.415. The van der Waals surface area contributed by atoms with Gasteiger partial charge in [0.1, 0.15) is 17.8 Å². The average molecular weight is 743 g/mol. The molecule has 0 aliphatic rings. The first-order valence-electron chi connectivity index (χ1n) is 18.1. The molecule has 12 heteroatoms. The second-order valence-electron chi connectivity index (χ2n) is 14.1. The number of unbranched alkanes of at least 4 members (excludes halogenated alkanes) is 4. The third-order valence-electron chi connectivity index (χ3n) is 8.70. The predicted molar refractivity (Wildman–Crippen MR) is 206 cm³/mol. The molecule has 2 heterocycles. The molecule has 0 bridgehead atoms. The lowest BCUT2D eigenvalue weighted by molar-refractivity contribution is -0.143. The van der Waals surface area contributed by atoms with Crippen LogP contribution in [-0.4, -0.2) is 62.6 Å². The van der Waals surface area contributed by atoms with Gasteiger partial charge in [-0.15, -0.1) is 11.3 Å². The van der Waals surface area contributed by atoms with Crippen molar-refractivity contribution < 1.29 is 34.1 Å². The quantitative estimate of drug-likeness (QED) is 0.0664. The molecule has 0 fully saturated rings. The van der Waals surface area contributed by atoms with Gasteiger partial charge in [0.2, 0.25) is 5.91 Å². The first kappa shape index (κ1) is 40.7. The van der Waals surface area contributed by atoms with Gasteiger partial charge in [0.05, 0.1) is 11.5 Å². The second-order valence-corrected chi connectivity index (χ2v) is 15.2. The normalized spacial score (nSPS) is 12.5. The van der Waals surface area contributed by atoms with Crippen LogP contribution in [0.5, 0.6) is 5.75 Å². The number of aromatic nitrogens is 2. The molecule has 282 valence electrons. The van der Waals surface area contributed by atoms with Gasteiger partial charge in [-0.05, 0) is 60.1 Å². The molecule has 4 N–H and O–H groups in total. The van der Waals surface area contributed by atoms with Crippen LogP contribution < -0.4 is 15.4 Å². The fourth-order valence-corrected chi connectivity index (χ4v) is 6.55. The van der Waals surface area contributed by atoms with Gasteiger partial charge in [0.25, 0.3) is 5.91 Å². The molecule has 0 aliphatic carbocycles. The molecule has 53 heavy (non-hydrogen) atoms. The van der Waals surface area contributed by atoms with Crippen LogP contribution in [0.15, 0.2) is 73.1 Å². The molecule has 4 rings (SSSR count). The van der Waals surface area contributed by atoms with Crippen molar-refractivity contribution >= 4 is 35.1 Å². The largest absolute Gasteiger partial charge is 0.494 e. The summed E-state index contributed by atoms with van der Waals surface area (Å²) < 4.78 is 5.88. The van der Waals surface area contributed by atoms with Gasteiger partial charge in [0, 0.05) is 41.2 Å². The molecule has 2 aromatic carbocycles. The van der Waals surface area contributed by atoms with Crippen molar-refractivity contribution in [3.63, 3.8) is 0 Å². The summed E-state index contributed by atoms with van der Waals surface area (Å²) in [6.45, 7) is 9.04. The van der Waals surface area contributed by atoms with E-state index < -0.39 is 35.8 Å². The molecular weight excluding hydrogens is 693 g/mol. The highest BCUT2D eigenvalue weighted by Gasteiger charge is 2.28. The zero-order chi connectivity index (χ0) is 38.4. The molecule has 11 nitrogen and oxygen atoms in total. The van der Waals surface area contributed by atoms with E-state index >= 15 is 0 Å². The van der Waals surface area contributed by atoms with E-state index in [1.54, 1.807) is 18.5 Å². The second kappa shape index (κ2) is 19.7. The SMILES string of the molecule is CCCCCCCOc1ccc(-c2cnc(-c3ccc(C[C@H](NC(=O)c4ccc(C(C)(C)C)s4)C(=O)NC(CCCC(=O)O)C(=O)O)cc3)nc2)cc1. The summed E-state index contributed by atoms with van der Waals surface area (Å²) in [4.78, 5) is 60.3. The number of carboxylic acid groups (broad SMARTS) is 2. The minimum absolute atomic E-state index is 0.0689. The van der Waals surface area contributed by atoms with Crippen LogP contribution in [0.2, 0.25) is 0 Å². The Morgan fingerprint density at radius 3 is 2.04 bits per heavy atom. The van der Waals surface area contributed by atoms with Crippen LogP contribution in [0, 0.1) is 0 Å². The summed E-state index contributed by atoms with van der Waals surface area (Å²) in [6, 6.07) is 16.3. The predicted octanol–water partition coefficient (Wildman–Crippen LogP) is 7.68. The van der Waals surface area contributed by atoms with Crippen molar-refractivity contribution in [2.24, 2.45) is 0 Å². The number of carboxylic acids is 2. The van der Waals surface area contributed by atoms with Crippen LogP contribution in [0.25, 0.3) is 22.5 Å². The van der Waals surface area contributed by atoms with Gasteiger partial charge in [0.15, 0.2) is 5.82 Å². The molecule has 1 unspecified atom stereocenters. The minimum atomic E-state index is -1.31. The summed E-state index contributed by atoms with van der Waals surface area (Å²) in [6.07, 6.45) is 9.32. The van der Waals surface area contributed by atoms with Gasteiger partial charge in [-0.2, -0.15) is 0 Å². The van der Waals surface area contributed by atoms with E-state index in [9.17, 15) is 24.3 Å². The monoisotopic (exact) mass is 742 g/mol. The Labute approximate surface area is 315 Å². The lowest BCUT2D eigenvalue weighted by Crippen LogP contribution is -2.52. The average Bonchev–Trinajstić information content (AvgIpc) is 3.65. The zero-order valence-electron chi connectivity index (χ0n) is 30.9. The Morgan fingerprint density at radius 2 is 1.43 bits per heavy atom. The number of carbonyl (C=O) groups is 4. The summed E-state index contributed by atoms with van der Waals surface area (Å²) in [5, 5.41) is 24.0. The number of rotatable bonds is 20. The third kappa shape index (κ3) is 12.8. The topological polar surface area (TPSA) is 168 Å². The molecule has 0 spiro atoms. The van der Waals surface area contributed by atoms with E-state index in [-0.39, 0.29) is 31.1 Å². The molecule has 2 atom stereocenters. The van der Waals surface area contributed by atoms with Crippen molar-refractivity contribution in [2.45, 2.75) is 103 Å².